The number of carbonyl (C=O) groups is 1. The molecule has 3 rings (SSSR count). The number of ether oxygens (including phenoxy) is 1. The van der Waals surface area contributed by atoms with E-state index in [9.17, 15) is 21.6 Å². The molecule has 0 saturated heterocycles. The van der Waals surface area contributed by atoms with Crippen LogP contribution in [0.2, 0.25) is 0 Å². The molecule has 0 aromatic heterocycles. The Morgan fingerprint density at radius 3 is 1.87 bits per heavy atom. The first-order chi connectivity index (χ1) is 17.8. The minimum absolute atomic E-state index is 0.0786. The van der Waals surface area contributed by atoms with E-state index in [1.165, 1.54) is 23.9 Å². The predicted molar refractivity (Wildman–Crippen MR) is 154 cm³/mol. The molecule has 0 unspecified atom stereocenters. The lowest BCUT2D eigenvalue weighted by atomic mass is 9.96. The molecule has 0 spiro atoms. The van der Waals surface area contributed by atoms with Crippen LogP contribution >= 0.6 is 34.4 Å². The number of aliphatic carboxylic acids is 1. The molecule has 0 atom stereocenters. The lowest BCUT2D eigenvalue weighted by Crippen LogP contribution is -2.10. The normalized spacial score (nSPS) is 11.4. The zero-order valence-electron chi connectivity index (χ0n) is 20.2. The van der Waals surface area contributed by atoms with Gasteiger partial charge in [0.1, 0.15) is 17.2 Å². The lowest BCUT2D eigenvalue weighted by Gasteiger charge is -2.16. The molecule has 1 N–H and O–H groups in total. The summed E-state index contributed by atoms with van der Waals surface area (Å²) < 4.78 is 64.1. The molecule has 3 aromatic carbocycles. The number of halogens is 1. The molecule has 0 saturated carbocycles. The topological polar surface area (TPSA) is 133 Å². The molecule has 0 amide bonds. The smallest absolute Gasteiger partial charge is 0.341 e. The quantitative estimate of drug-likeness (QED) is 0.163. The van der Waals surface area contributed by atoms with Crippen molar-refractivity contribution in [3.05, 3.63) is 87.5 Å². The summed E-state index contributed by atoms with van der Waals surface area (Å²) in [5, 5.41) is 8.82. The SMILES string of the molecule is CS(=O)(=O)Oc1ccccc1C(=CCSc1ccc(OCC(=O)O)c(I)c1)c1ccccc1OS(C)(=O)=O. The van der Waals surface area contributed by atoms with Crippen LogP contribution in [0.1, 0.15) is 11.1 Å². The number of benzene rings is 3. The Bertz CT molecular complexity index is 1490. The molecule has 0 aliphatic heterocycles. The minimum Gasteiger partial charge on any atom is -0.481 e. The highest BCUT2D eigenvalue weighted by Crippen LogP contribution is 2.37. The van der Waals surface area contributed by atoms with Crippen molar-refractivity contribution < 1.29 is 39.8 Å². The average molecular weight is 691 g/mol. The highest BCUT2D eigenvalue weighted by molar-refractivity contribution is 14.1. The second-order valence-electron chi connectivity index (χ2n) is 7.77. The van der Waals surface area contributed by atoms with Crippen molar-refractivity contribution in [1.82, 2.24) is 0 Å². The zero-order chi connectivity index (χ0) is 27.9. The second kappa shape index (κ2) is 12.9. The molecule has 38 heavy (non-hydrogen) atoms. The Kier molecular flexibility index (Phi) is 10.1. The molecule has 13 heteroatoms. The molecule has 0 radical (unpaired) electrons. The summed E-state index contributed by atoms with van der Waals surface area (Å²) in [6, 6.07) is 18.4. The van der Waals surface area contributed by atoms with Crippen LogP contribution in [0, 0.1) is 3.57 Å². The van der Waals surface area contributed by atoms with Gasteiger partial charge in [0.05, 0.1) is 16.1 Å². The summed E-state index contributed by atoms with van der Waals surface area (Å²) in [5.41, 5.74) is 1.36. The van der Waals surface area contributed by atoms with E-state index in [0.29, 0.717) is 28.2 Å². The largest absolute Gasteiger partial charge is 0.481 e. The highest BCUT2D eigenvalue weighted by atomic mass is 127. The van der Waals surface area contributed by atoms with E-state index in [4.69, 9.17) is 18.2 Å². The van der Waals surface area contributed by atoms with E-state index in [0.717, 1.165) is 21.0 Å². The molecular formula is C25H23IO9S3. The maximum Gasteiger partial charge on any atom is 0.341 e. The third-order valence-corrected chi connectivity index (χ3v) is 7.36. The van der Waals surface area contributed by atoms with Crippen molar-refractivity contribution in [2.75, 3.05) is 24.9 Å². The molecule has 9 nitrogen and oxygen atoms in total. The van der Waals surface area contributed by atoms with Gasteiger partial charge in [-0.2, -0.15) is 16.8 Å². The van der Waals surface area contributed by atoms with Crippen LogP contribution in [0.15, 0.2) is 77.7 Å². The predicted octanol–water partition coefficient (Wildman–Crippen LogP) is 4.66. The van der Waals surface area contributed by atoms with E-state index in [-0.39, 0.29) is 11.5 Å². The van der Waals surface area contributed by atoms with Crippen molar-refractivity contribution in [1.29, 1.82) is 0 Å². The van der Waals surface area contributed by atoms with Crippen molar-refractivity contribution in [3.8, 4) is 17.2 Å². The van der Waals surface area contributed by atoms with Crippen LogP contribution in [-0.4, -0.2) is 52.8 Å². The van der Waals surface area contributed by atoms with E-state index >= 15 is 0 Å². The van der Waals surface area contributed by atoms with Gasteiger partial charge in [0.15, 0.2) is 6.61 Å². The third-order valence-electron chi connectivity index (χ3n) is 4.63. The van der Waals surface area contributed by atoms with E-state index in [1.807, 2.05) is 12.1 Å². The zero-order valence-corrected chi connectivity index (χ0v) is 24.8. The van der Waals surface area contributed by atoms with Gasteiger partial charge in [-0.25, -0.2) is 4.79 Å². The number of carboxylic acid groups (broad SMARTS) is 1. The number of hydrogen-bond donors (Lipinski definition) is 1. The third kappa shape index (κ3) is 9.22. The first kappa shape index (κ1) is 29.8. The summed E-state index contributed by atoms with van der Waals surface area (Å²) in [4.78, 5) is 11.6. The number of carboxylic acids is 1. The van der Waals surface area contributed by atoms with Gasteiger partial charge >= 0.3 is 26.2 Å². The molecule has 202 valence electrons. The van der Waals surface area contributed by atoms with Crippen LogP contribution in [0.3, 0.4) is 0 Å². The summed E-state index contributed by atoms with van der Waals surface area (Å²) in [6.07, 6.45) is 3.70. The first-order valence-corrected chi connectivity index (χ1v) is 16.5. The van der Waals surface area contributed by atoms with Gasteiger partial charge in [-0.05, 0) is 58.5 Å². The van der Waals surface area contributed by atoms with Crippen molar-refractivity contribution >= 4 is 66.1 Å². The van der Waals surface area contributed by atoms with Crippen LogP contribution in [0.25, 0.3) is 5.57 Å². The monoisotopic (exact) mass is 690 g/mol. The Hall–Kier alpha value is -2.75. The average Bonchev–Trinajstić information content (AvgIpc) is 2.80. The Morgan fingerprint density at radius 2 is 1.39 bits per heavy atom. The number of hydrogen-bond acceptors (Lipinski definition) is 9. The van der Waals surface area contributed by atoms with Gasteiger partial charge in [0.2, 0.25) is 0 Å². The second-order valence-corrected chi connectivity index (χ2v) is 13.2. The molecule has 0 fully saturated rings. The van der Waals surface area contributed by atoms with Gasteiger partial charge in [-0.15, -0.1) is 11.8 Å². The van der Waals surface area contributed by atoms with Crippen molar-refractivity contribution in [3.63, 3.8) is 0 Å². The summed E-state index contributed by atoms with van der Waals surface area (Å²) in [5.74, 6) is -0.0597. The van der Waals surface area contributed by atoms with E-state index in [1.54, 1.807) is 48.5 Å². The first-order valence-electron chi connectivity index (χ1n) is 10.8. The molecule has 3 aromatic rings. The minimum atomic E-state index is -3.85. The molecular weight excluding hydrogens is 667 g/mol. The number of thioether (sulfide) groups is 1. The fraction of sp³-hybridized carbons (Fsp3) is 0.160. The Morgan fingerprint density at radius 1 is 0.868 bits per heavy atom. The van der Waals surface area contributed by atoms with Crippen LogP contribution in [0.5, 0.6) is 17.2 Å². The van der Waals surface area contributed by atoms with Crippen LogP contribution < -0.4 is 13.1 Å². The van der Waals surface area contributed by atoms with Crippen LogP contribution in [0.4, 0.5) is 0 Å². The van der Waals surface area contributed by atoms with E-state index < -0.39 is 32.8 Å². The van der Waals surface area contributed by atoms with Crippen molar-refractivity contribution in [2.24, 2.45) is 0 Å². The maximum absolute atomic E-state index is 11.9. The maximum atomic E-state index is 11.9. The van der Waals surface area contributed by atoms with Gasteiger partial charge in [0.25, 0.3) is 0 Å². The molecule has 0 heterocycles. The Labute approximate surface area is 239 Å². The van der Waals surface area contributed by atoms with Crippen molar-refractivity contribution in [2.45, 2.75) is 4.90 Å². The van der Waals surface area contributed by atoms with Gasteiger partial charge in [0, 0.05) is 21.8 Å². The van der Waals surface area contributed by atoms with Gasteiger partial charge in [-0.1, -0.05) is 42.5 Å². The molecule has 0 bridgehead atoms. The summed E-state index contributed by atoms with van der Waals surface area (Å²) in [6.45, 7) is -0.446. The summed E-state index contributed by atoms with van der Waals surface area (Å²) in [7, 11) is -7.69. The number of rotatable bonds is 12. The summed E-state index contributed by atoms with van der Waals surface area (Å²) >= 11 is 3.51. The lowest BCUT2D eigenvalue weighted by molar-refractivity contribution is -0.139. The fourth-order valence-corrected chi connectivity index (χ4v) is 5.90. The van der Waals surface area contributed by atoms with E-state index in [2.05, 4.69) is 22.6 Å². The molecule has 0 aliphatic carbocycles. The van der Waals surface area contributed by atoms with Crippen LogP contribution in [-0.2, 0) is 25.0 Å². The standard InChI is InChI=1S/C25H23IO9S3/c1-37(29,30)34-22-9-5-3-7-19(22)18(20-8-4-6-10-23(20)35-38(2,31)32)13-14-36-17-11-12-24(21(26)15-17)33-16-25(27)28/h3-13,15H,14,16H2,1-2H3,(H,27,28). The highest BCUT2D eigenvalue weighted by Gasteiger charge is 2.19. The Balaban J connectivity index is 2.01. The number of para-hydroxylation sites is 2. The molecule has 0 aliphatic rings. The van der Waals surface area contributed by atoms with Gasteiger partial charge in [-0.3, -0.25) is 0 Å². The van der Waals surface area contributed by atoms with Gasteiger partial charge < -0.3 is 18.2 Å². The fourth-order valence-electron chi connectivity index (χ4n) is 3.26.